The van der Waals surface area contributed by atoms with Gasteiger partial charge in [0.1, 0.15) is 17.0 Å². The summed E-state index contributed by atoms with van der Waals surface area (Å²) in [6.45, 7) is 1.33. The Balaban J connectivity index is 1.45. The Morgan fingerprint density at radius 1 is 0.783 bits per heavy atom. The van der Waals surface area contributed by atoms with E-state index in [1.54, 1.807) is 32.4 Å². The molecule has 3 amide bonds. The Morgan fingerprint density at radius 3 is 2.09 bits per heavy atom. The van der Waals surface area contributed by atoms with Crippen LogP contribution in [0.15, 0.2) is 78.9 Å². The number of anilines is 5. The monoisotopic (exact) mass is 660 g/mol. The maximum atomic E-state index is 13.1. The quantitative estimate of drug-likeness (QED) is 0.0812. The molecule has 0 unspecified atom stereocenters. The second-order valence-electron chi connectivity index (χ2n) is 10.2. The second-order valence-corrected chi connectivity index (χ2v) is 10.9. The molecule has 4 aromatic carbocycles. The van der Waals surface area contributed by atoms with Crippen LogP contribution in [0.25, 0.3) is 21.8 Å². The minimum atomic E-state index is -0.443. The maximum Gasteiger partial charge on any atom is 0.323 e. The SMILES string of the molecule is CNC(=O)c1cccc2c(Nc3ccc(OC)c(NC(=O)Nc4ccc(N(CCCl)CCCl)cc4)c3)c3cccc(OC)c3nc12. The van der Waals surface area contributed by atoms with Crippen molar-refractivity contribution in [1.82, 2.24) is 10.3 Å². The van der Waals surface area contributed by atoms with Crippen molar-refractivity contribution in [3.63, 3.8) is 0 Å². The smallest absolute Gasteiger partial charge is 0.323 e. The highest BCUT2D eigenvalue weighted by Crippen LogP contribution is 2.39. The number of aromatic nitrogens is 1. The Labute approximate surface area is 277 Å². The number of methoxy groups -OCH3 is 2. The van der Waals surface area contributed by atoms with Crippen LogP contribution in [0.3, 0.4) is 0 Å². The van der Waals surface area contributed by atoms with Gasteiger partial charge in [0, 0.05) is 59.7 Å². The summed E-state index contributed by atoms with van der Waals surface area (Å²) in [6, 6.07) is 23.5. The van der Waals surface area contributed by atoms with Crippen molar-refractivity contribution in [2.24, 2.45) is 0 Å². The van der Waals surface area contributed by atoms with Crippen molar-refractivity contribution < 1.29 is 19.1 Å². The molecule has 0 fully saturated rings. The standard InChI is InChI=1S/C34H34Cl2N6O4/c1-37-33(43)26-8-4-6-24-30(25-7-5-9-29(46-3)32(25)41-31(24)26)38-22-12-15-28(45-2)27(20-22)40-34(44)39-21-10-13-23(14-11-21)42(18-16-35)19-17-36/h4-15,20H,16-19H2,1-3H3,(H,37,43)(H,38,41)(H2,39,40,44). The third kappa shape index (κ3) is 6.98. The highest BCUT2D eigenvalue weighted by atomic mass is 35.5. The largest absolute Gasteiger partial charge is 0.495 e. The number of benzene rings is 4. The number of alkyl halides is 2. The molecule has 0 saturated heterocycles. The summed E-state index contributed by atoms with van der Waals surface area (Å²) in [4.78, 5) is 32.8. The molecule has 0 aliphatic heterocycles. The van der Waals surface area contributed by atoms with E-state index in [1.807, 2.05) is 60.7 Å². The zero-order chi connectivity index (χ0) is 32.6. The molecule has 5 aromatic rings. The predicted molar refractivity (Wildman–Crippen MR) is 188 cm³/mol. The summed E-state index contributed by atoms with van der Waals surface area (Å²) in [5.74, 6) is 1.75. The van der Waals surface area contributed by atoms with E-state index in [4.69, 9.17) is 37.7 Å². The second kappa shape index (κ2) is 14.9. The summed E-state index contributed by atoms with van der Waals surface area (Å²) < 4.78 is 11.2. The molecule has 4 N–H and O–H groups in total. The van der Waals surface area contributed by atoms with E-state index >= 15 is 0 Å². The fraction of sp³-hybridized carbons (Fsp3) is 0.206. The van der Waals surface area contributed by atoms with Gasteiger partial charge >= 0.3 is 6.03 Å². The van der Waals surface area contributed by atoms with E-state index in [1.165, 1.54) is 7.11 Å². The zero-order valence-corrected chi connectivity index (χ0v) is 27.1. The van der Waals surface area contributed by atoms with Gasteiger partial charge < -0.3 is 35.6 Å². The summed E-state index contributed by atoms with van der Waals surface area (Å²) in [7, 11) is 4.70. The molecular formula is C34H34Cl2N6O4. The van der Waals surface area contributed by atoms with Crippen molar-refractivity contribution in [2.45, 2.75) is 0 Å². The van der Waals surface area contributed by atoms with Gasteiger partial charge in [-0.15, -0.1) is 23.2 Å². The number of amides is 3. The molecule has 10 nitrogen and oxygen atoms in total. The van der Waals surface area contributed by atoms with Gasteiger partial charge in [0.25, 0.3) is 5.91 Å². The fourth-order valence-electron chi connectivity index (χ4n) is 5.22. The lowest BCUT2D eigenvalue weighted by Crippen LogP contribution is -2.27. The van der Waals surface area contributed by atoms with E-state index in [0.717, 1.165) is 22.1 Å². The van der Waals surface area contributed by atoms with Gasteiger partial charge in [-0.05, 0) is 54.6 Å². The van der Waals surface area contributed by atoms with Crippen LogP contribution >= 0.6 is 23.2 Å². The molecule has 46 heavy (non-hydrogen) atoms. The first-order chi connectivity index (χ1) is 22.4. The van der Waals surface area contributed by atoms with Crippen LogP contribution in [0.5, 0.6) is 11.5 Å². The minimum absolute atomic E-state index is 0.252. The molecule has 0 spiro atoms. The van der Waals surface area contributed by atoms with E-state index < -0.39 is 6.03 Å². The van der Waals surface area contributed by atoms with Gasteiger partial charge in [0.2, 0.25) is 0 Å². The lowest BCUT2D eigenvalue weighted by atomic mass is 10.0. The highest BCUT2D eigenvalue weighted by molar-refractivity contribution is 6.19. The molecule has 0 bridgehead atoms. The van der Waals surface area contributed by atoms with Crippen LogP contribution in [-0.4, -0.2) is 63.0 Å². The van der Waals surface area contributed by atoms with Crippen LogP contribution in [0.1, 0.15) is 10.4 Å². The maximum absolute atomic E-state index is 13.1. The third-order valence-electron chi connectivity index (χ3n) is 7.41. The van der Waals surface area contributed by atoms with Gasteiger partial charge in [-0.1, -0.05) is 24.3 Å². The molecule has 1 heterocycles. The fourth-order valence-corrected chi connectivity index (χ4v) is 5.63. The van der Waals surface area contributed by atoms with Gasteiger partial charge in [-0.2, -0.15) is 0 Å². The first-order valence-electron chi connectivity index (χ1n) is 14.5. The first-order valence-corrected chi connectivity index (χ1v) is 15.6. The summed E-state index contributed by atoms with van der Waals surface area (Å²) >= 11 is 11.9. The highest BCUT2D eigenvalue weighted by Gasteiger charge is 2.18. The number of nitrogens with one attached hydrogen (secondary N) is 4. The number of hydrogen-bond donors (Lipinski definition) is 4. The number of nitrogens with zero attached hydrogens (tertiary/aromatic N) is 2. The normalized spacial score (nSPS) is 10.8. The van der Waals surface area contributed by atoms with E-state index in [-0.39, 0.29) is 5.91 Å². The molecule has 0 aliphatic carbocycles. The minimum Gasteiger partial charge on any atom is -0.495 e. The lowest BCUT2D eigenvalue weighted by molar-refractivity contribution is 0.0964. The molecule has 1 aromatic heterocycles. The van der Waals surface area contributed by atoms with Crippen LogP contribution in [0.4, 0.5) is 33.2 Å². The van der Waals surface area contributed by atoms with Crippen LogP contribution in [0, 0.1) is 0 Å². The Morgan fingerprint density at radius 2 is 1.43 bits per heavy atom. The van der Waals surface area contributed by atoms with Gasteiger partial charge in [-0.25, -0.2) is 9.78 Å². The van der Waals surface area contributed by atoms with E-state index in [2.05, 4.69) is 26.2 Å². The van der Waals surface area contributed by atoms with Crippen LogP contribution < -0.4 is 35.6 Å². The van der Waals surface area contributed by atoms with Crippen LogP contribution in [-0.2, 0) is 0 Å². The number of pyridine rings is 1. The molecule has 238 valence electrons. The summed E-state index contributed by atoms with van der Waals surface area (Å²) in [5, 5.41) is 13.5. The molecule has 0 saturated carbocycles. The number of ether oxygens (including phenoxy) is 2. The van der Waals surface area contributed by atoms with Crippen molar-refractivity contribution in [3.05, 3.63) is 84.4 Å². The van der Waals surface area contributed by atoms with Crippen molar-refractivity contribution in [3.8, 4) is 11.5 Å². The lowest BCUT2D eigenvalue weighted by Gasteiger charge is -2.23. The molecule has 0 atom stereocenters. The molecule has 0 aliphatic rings. The van der Waals surface area contributed by atoms with Crippen molar-refractivity contribution >= 4 is 85.4 Å². The van der Waals surface area contributed by atoms with E-state index in [9.17, 15) is 9.59 Å². The number of rotatable bonds is 12. The predicted octanol–water partition coefficient (Wildman–Crippen LogP) is 7.44. The van der Waals surface area contributed by atoms with Crippen LogP contribution in [0.2, 0.25) is 0 Å². The topological polar surface area (TPSA) is 117 Å². The van der Waals surface area contributed by atoms with E-state index in [0.29, 0.717) is 70.0 Å². The summed E-state index contributed by atoms with van der Waals surface area (Å²) in [5.41, 5.74) is 4.97. The number of fused-ring (bicyclic) bond motifs is 2. The number of urea groups is 1. The number of para-hydroxylation sites is 2. The Hall–Kier alpha value is -4.93. The number of hydrogen-bond acceptors (Lipinski definition) is 7. The third-order valence-corrected chi connectivity index (χ3v) is 7.74. The molecular weight excluding hydrogens is 627 g/mol. The zero-order valence-electron chi connectivity index (χ0n) is 25.6. The van der Waals surface area contributed by atoms with Gasteiger partial charge in [0.05, 0.1) is 36.7 Å². The number of carbonyl (C=O) groups is 2. The molecule has 12 heteroatoms. The first kappa shape index (κ1) is 32.5. The Kier molecular flexibility index (Phi) is 10.5. The Bertz CT molecular complexity index is 1860. The van der Waals surface area contributed by atoms with Crippen molar-refractivity contribution in [2.75, 3.05) is 67.0 Å². The average Bonchev–Trinajstić information content (AvgIpc) is 3.07. The number of carbonyl (C=O) groups excluding carboxylic acids is 2. The van der Waals surface area contributed by atoms with Crippen molar-refractivity contribution in [1.29, 1.82) is 0 Å². The van der Waals surface area contributed by atoms with Gasteiger partial charge in [0.15, 0.2) is 0 Å². The molecule has 0 radical (unpaired) electrons. The average molecular weight is 662 g/mol. The number of halogens is 2. The molecule has 5 rings (SSSR count). The van der Waals surface area contributed by atoms with Gasteiger partial charge in [-0.3, -0.25) is 4.79 Å². The summed E-state index contributed by atoms with van der Waals surface area (Å²) in [6.07, 6.45) is 0.